The van der Waals surface area contributed by atoms with E-state index < -0.39 is 6.61 Å². The number of thiocarbonyl (C=S) groups is 1. The monoisotopic (exact) mass is 380 g/mol. The minimum atomic E-state index is -2.84. The molecule has 26 heavy (non-hydrogen) atoms. The van der Waals surface area contributed by atoms with Crippen LogP contribution in [0.4, 0.5) is 14.5 Å². The zero-order chi connectivity index (χ0) is 18.4. The van der Waals surface area contributed by atoms with Gasteiger partial charge in [0.05, 0.1) is 0 Å². The van der Waals surface area contributed by atoms with Crippen LogP contribution in [-0.4, -0.2) is 31.5 Å². The van der Waals surface area contributed by atoms with Crippen molar-refractivity contribution in [3.05, 3.63) is 48.0 Å². The topological polar surface area (TPSA) is 51.8 Å². The fourth-order valence-corrected chi connectivity index (χ4v) is 2.68. The van der Waals surface area contributed by atoms with E-state index in [1.54, 1.807) is 12.1 Å². The van der Waals surface area contributed by atoms with E-state index >= 15 is 0 Å². The third-order valence-electron chi connectivity index (χ3n) is 3.64. The minimum Gasteiger partial charge on any atom is -0.486 e. The van der Waals surface area contributed by atoms with Crippen molar-refractivity contribution in [2.24, 2.45) is 0 Å². The van der Waals surface area contributed by atoms with Crippen molar-refractivity contribution >= 4 is 23.0 Å². The Hall–Kier alpha value is -2.61. The van der Waals surface area contributed by atoms with Crippen LogP contribution in [0, 0.1) is 0 Å². The molecule has 1 aliphatic heterocycles. The first-order chi connectivity index (χ1) is 12.6. The van der Waals surface area contributed by atoms with Gasteiger partial charge in [-0.25, -0.2) is 0 Å². The van der Waals surface area contributed by atoms with Gasteiger partial charge in [-0.05, 0) is 60.6 Å². The number of hydrogen-bond acceptors (Lipinski definition) is 4. The molecule has 138 valence electrons. The van der Waals surface area contributed by atoms with Gasteiger partial charge in [0.25, 0.3) is 0 Å². The average Bonchev–Trinajstić information content (AvgIpc) is 2.63. The molecule has 0 aliphatic carbocycles. The van der Waals surface area contributed by atoms with Crippen molar-refractivity contribution in [2.45, 2.75) is 13.0 Å². The maximum absolute atomic E-state index is 12.1. The molecule has 0 bridgehead atoms. The second kappa shape index (κ2) is 8.66. The van der Waals surface area contributed by atoms with Gasteiger partial charge in [-0.2, -0.15) is 8.78 Å². The predicted octanol–water partition coefficient (Wildman–Crippen LogP) is 3.59. The fourth-order valence-electron chi connectivity index (χ4n) is 2.46. The summed E-state index contributed by atoms with van der Waals surface area (Å²) in [5, 5.41) is 6.54. The molecular weight excluding hydrogens is 362 g/mol. The molecule has 0 amide bonds. The van der Waals surface area contributed by atoms with Crippen LogP contribution in [0.25, 0.3) is 0 Å². The van der Waals surface area contributed by atoms with Gasteiger partial charge in [0.2, 0.25) is 0 Å². The zero-order valence-electron chi connectivity index (χ0n) is 13.8. The highest BCUT2D eigenvalue weighted by Crippen LogP contribution is 2.30. The molecule has 0 unspecified atom stereocenters. The second-order valence-corrected chi connectivity index (χ2v) is 5.92. The third kappa shape index (κ3) is 5.19. The standard InChI is InChI=1S/C18H18F2N2O3S/c19-17(20)25-14-4-2-13(3-5-14)22-18(26)21-8-7-12-1-6-15-16(11-12)24-10-9-23-15/h1-6,11,17H,7-10H2,(H2,21,22,26). The highest BCUT2D eigenvalue weighted by molar-refractivity contribution is 7.80. The maximum atomic E-state index is 12.1. The van der Waals surface area contributed by atoms with E-state index in [-0.39, 0.29) is 5.75 Å². The lowest BCUT2D eigenvalue weighted by atomic mass is 10.1. The lowest BCUT2D eigenvalue weighted by Gasteiger charge is -2.19. The first-order valence-corrected chi connectivity index (χ1v) is 8.49. The molecule has 2 N–H and O–H groups in total. The normalized spacial score (nSPS) is 12.6. The van der Waals surface area contributed by atoms with Crippen LogP contribution < -0.4 is 24.8 Å². The molecule has 0 spiro atoms. The number of rotatable bonds is 6. The highest BCUT2D eigenvalue weighted by Gasteiger charge is 2.11. The number of halogens is 2. The van der Waals surface area contributed by atoms with Gasteiger partial charge in [0.1, 0.15) is 19.0 Å². The van der Waals surface area contributed by atoms with Gasteiger partial charge in [-0.1, -0.05) is 6.07 Å². The van der Waals surface area contributed by atoms with Crippen molar-refractivity contribution in [3.8, 4) is 17.2 Å². The summed E-state index contributed by atoms with van der Waals surface area (Å²) in [4.78, 5) is 0. The first kappa shape index (κ1) is 18.2. The molecule has 0 saturated carbocycles. The summed E-state index contributed by atoms with van der Waals surface area (Å²) in [6.07, 6.45) is 0.764. The molecule has 0 radical (unpaired) electrons. The van der Waals surface area contributed by atoms with Gasteiger partial charge in [-0.3, -0.25) is 0 Å². The fraction of sp³-hybridized carbons (Fsp3) is 0.278. The highest BCUT2D eigenvalue weighted by atomic mass is 32.1. The van der Waals surface area contributed by atoms with Crippen LogP contribution >= 0.6 is 12.2 Å². The minimum absolute atomic E-state index is 0.100. The zero-order valence-corrected chi connectivity index (χ0v) is 14.7. The Balaban J connectivity index is 1.44. The van der Waals surface area contributed by atoms with E-state index in [9.17, 15) is 8.78 Å². The van der Waals surface area contributed by atoms with Crippen LogP contribution in [0.3, 0.4) is 0 Å². The number of alkyl halides is 2. The molecule has 0 fully saturated rings. The van der Waals surface area contributed by atoms with Gasteiger partial charge in [0.15, 0.2) is 16.6 Å². The van der Waals surface area contributed by atoms with Gasteiger partial charge in [0, 0.05) is 12.2 Å². The van der Waals surface area contributed by atoms with E-state index in [2.05, 4.69) is 15.4 Å². The van der Waals surface area contributed by atoms with Crippen molar-refractivity contribution in [1.29, 1.82) is 0 Å². The Morgan fingerprint density at radius 3 is 2.54 bits per heavy atom. The Morgan fingerprint density at radius 2 is 1.81 bits per heavy atom. The number of fused-ring (bicyclic) bond motifs is 1. The number of hydrogen-bond donors (Lipinski definition) is 2. The Labute approximate surface area is 155 Å². The van der Waals surface area contributed by atoms with E-state index in [1.165, 1.54) is 12.1 Å². The van der Waals surface area contributed by atoms with Crippen LogP contribution in [-0.2, 0) is 6.42 Å². The molecule has 1 aliphatic rings. The van der Waals surface area contributed by atoms with E-state index in [0.717, 1.165) is 23.5 Å². The SMILES string of the molecule is FC(F)Oc1ccc(NC(=S)NCCc2ccc3c(c2)OCCO3)cc1. The molecule has 8 heteroatoms. The second-order valence-electron chi connectivity index (χ2n) is 5.51. The number of ether oxygens (including phenoxy) is 3. The summed E-state index contributed by atoms with van der Waals surface area (Å²) in [6.45, 7) is -1.07. The molecule has 0 aromatic heterocycles. The lowest BCUT2D eigenvalue weighted by Crippen LogP contribution is -2.30. The molecule has 1 heterocycles. The third-order valence-corrected chi connectivity index (χ3v) is 3.89. The molecular formula is C18H18F2N2O3S. The quantitative estimate of drug-likeness (QED) is 0.747. The van der Waals surface area contributed by atoms with Crippen LogP contribution in [0.15, 0.2) is 42.5 Å². The summed E-state index contributed by atoms with van der Waals surface area (Å²) < 4.78 is 39.6. The number of anilines is 1. The number of nitrogens with one attached hydrogen (secondary N) is 2. The van der Waals surface area contributed by atoms with Crippen LogP contribution in [0.2, 0.25) is 0 Å². The van der Waals surface area contributed by atoms with Gasteiger partial charge in [-0.15, -0.1) is 0 Å². The molecule has 2 aromatic rings. The summed E-state index contributed by atoms with van der Waals surface area (Å²) in [7, 11) is 0. The van der Waals surface area contributed by atoms with Gasteiger partial charge < -0.3 is 24.8 Å². The van der Waals surface area contributed by atoms with Crippen molar-refractivity contribution < 1.29 is 23.0 Å². The van der Waals surface area contributed by atoms with E-state index in [4.69, 9.17) is 21.7 Å². The summed E-state index contributed by atoms with van der Waals surface area (Å²) in [5.74, 6) is 1.63. The van der Waals surface area contributed by atoms with Crippen molar-refractivity contribution in [2.75, 3.05) is 25.1 Å². The maximum Gasteiger partial charge on any atom is 0.387 e. The van der Waals surface area contributed by atoms with Crippen molar-refractivity contribution in [3.63, 3.8) is 0 Å². The predicted molar refractivity (Wildman–Crippen MR) is 98.4 cm³/mol. The Morgan fingerprint density at radius 1 is 1.08 bits per heavy atom. The molecule has 2 aromatic carbocycles. The molecule has 0 atom stereocenters. The molecule has 3 rings (SSSR count). The van der Waals surface area contributed by atoms with Gasteiger partial charge >= 0.3 is 6.61 Å². The molecule has 5 nitrogen and oxygen atoms in total. The van der Waals surface area contributed by atoms with Crippen molar-refractivity contribution in [1.82, 2.24) is 5.32 Å². The van der Waals surface area contributed by atoms with E-state index in [0.29, 0.717) is 30.6 Å². The largest absolute Gasteiger partial charge is 0.486 e. The molecule has 0 saturated heterocycles. The van der Waals surface area contributed by atoms with Crippen LogP contribution in [0.5, 0.6) is 17.2 Å². The van der Waals surface area contributed by atoms with Crippen LogP contribution in [0.1, 0.15) is 5.56 Å². The lowest BCUT2D eigenvalue weighted by molar-refractivity contribution is -0.0498. The smallest absolute Gasteiger partial charge is 0.387 e. The van der Waals surface area contributed by atoms with E-state index in [1.807, 2.05) is 18.2 Å². The average molecular weight is 380 g/mol. The summed E-state index contributed by atoms with van der Waals surface area (Å²) in [5.41, 5.74) is 1.79. The summed E-state index contributed by atoms with van der Waals surface area (Å²) >= 11 is 5.23. The Kier molecular flexibility index (Phi) is 6.06. The first-order valence-electron chi connectivity index (χ1n) is 8.08. The number of benzene rings is 2. The Bertz CT molecular complexity index is 757. The summed E-state index contributed by atoms with van der Waals surface area (Å²) in [6, 6.07) is 12.0.